The summed E-state index contributed by atoms with van der Waals surface area (Å²) < 4.78 is 5.41. The highest BCUT2D eigenvalue weighted by Gasteiger charge is 2.26. The molecule has 1 unspecified atom stereocenters. The van der Waals surface area contributed by atoms with E-state index >= 15 is 0 Å². The van der Waals surface area contributed by atoms with Crippen LogP contribution < -0.4 is 10.5 Å². The minimum absolute atomic E-state index is 0.151. The van der Waals surface area contributed by atoms with Gasteiger partial charge in [0.1, 0.15) is 5.75 Å². The zero-order valence-electron chi connectivity index (χ0n) is 10.9. The van der Waals surface area contributed by atoms with Gasteiger partial charge < -0.3 is 15.6 Å². The van der Waals surface area contributed by atoms with E-state index in [0.29, 0.717) is 13.0 Å². The second-order valence-corrected chi connectivity index (χ2v) is 4.89. The van der Waals surface area contributed by atoms with Gasteiger partial charge >= 0.3 is 0 Å². The molecule has 17 heavy (non-hydrogen) atoms. The van der Waals surface area contributed by atoms with Crippen LogP contribution in [0, 0.1) is 0 Å². The number of nitrogens with two attached hydrogens (primary N) is 1. The van der Waals surface area contributed by atoms with Crippen molar-refractivity contribution in [1.29, 1.82) is 0 Å². The SMILES string of the molecule is CCOc1ccc(C(CCO)C(C)(C)N)cc1. The number of aliphatic hydroxyl groups is 1. The lowest BCUT2D eigenvalue weighted by atomic mass is 9.80. The summed E-state index contributed by atoms with van der Waals surface area (Å²) in [4.78, 5) is 0. The summed E-state index contributed by atoms with van der Waals surface area (Å²) in [5, 5.41) is 9.12. The predicted octanol–water partition coefficient (Wildman–Crippen LogP) is 2.29. The quantitative estimate of drug-likeness (QED) is 0.798. The molecule has 0 aliphatic rings. The second-order valence-electron chi connectivity index (χ2n) is 4.89. The van der Waals surface area contributed by atoms with E-state index in [1.165, 1.54) is 0 Å². The number of rotatable bonds is 6. The first-order valence-electron chi connectivity index (χ1n) is 6.11. The van der Waals surface area contributed by atoms with Crippen molar-refractivity contribution in [2.45, 2.75) is 38.6 Å². The number of hydrogen-bond donors (Lipinski definition) is 2. The minimum atomic E-state index is -0.337. The maximum atomic E-state index is 9.12. The molecule has 0 heterocycles. The standard InChI is InChI=1S/C14H23NO2/c1-4-17-12-7-5-11(6-8-12)13(9-10-16)14(2,3)15/h5-8,13,16H,4,9-10,15H2,1-3H3. The van der Waals surface area contributed by atoms with Crippen molar-refractivity contribution in [1.82, 2.24) is 0 Å². The first-order chi connectivity index (χ1) is 7.99. The lowest BCUT2D eigenvalue weighted by Gasteiger charge is -2.30. The summed E-state index contributed by atoms with van der Waals surface area (Å²) in [6.07, 6.45) is 0.678. The van der Waals surface area contributed by atoms with Gasteiger partial charge in [0, 0.05) is 18.1 Å². The van der Waals surface area contributed by atoms with Gasteiger partial charge in [0.25, 0.3) is 0 Å². The number of hydrogen-bond acceptors (Lipinski definition) is 3. The van der Waals surface area contributed by atoms with Crippen LogP contribution in [0.3, 0.4) is 0 Å². The van der Waals surface area contributed by atoms with E-state index in [4.69, 9.17) is 15.6 Å². The molecule has 3 N–H and O–H groups in total. The Balaban J connectivity index is 2.87. The van der Waals surface area contributed by atoms with E-state index in [1.54, 1.807) is 0 Å². The first-order valence-corrected chi connectivity index (χ1v) is 6.11. The van der Waals surface area contributed by atoms with Gasteiger partial charge in [-0.2, -0.15) is 0 Å². The molecule has 0 aromatic heterocycles. The predicted molar refractivity (Wildman–Crippen MR) is 70.3 cm³/mol. The minimum Gasteiger partial charge on any atom is -0.494 e. The monoisotopic (exact) mass is 237 g/mol. The molecule has 1 rings (SSSR count). The average molecular weight is 237 g/mol. The van der Waals surface area contributed by atoms with Crippen LogP contribution in [0.2, 0.25) is 0 Å². The maximum Gasteiger partial charge on any atom is 0.119 e. The molecule has 0 aliphatic carbocycles. The van der Waals surface area contributed by atoms with Crippen LogP contribution in [0.25, 0.3) is 0 Å². The van der Waals surface area contributed by atoms with E-state index in [9.17, 15) is 0 Å². The highest BCUT2D eigenvalue weighted by Crippen LogP contribution is 2.30. The highest BCUT2D eigenvalue weighted by atomic mass is 16.5. The van der Waals surface area contributed by atoms with Crippen molar-refractivity contribution in [3.8, 4) is 5.75 Å². The van der Waals surface area contributed by atoms with Crippen LogP contribution in [-0.4, -0.2) is 23.9 Å². The number of ether oxygens (including phenoxy) is 1. The fourth-order valence-corrected chi connectivity index (χ4v) is 2.06. The van der Waals surface area contributed by atoms with E-state index in [2.05, 4.69) is 0 Å². The van der Waals surface area contributed by atoms with Crippen LogP contribution in [0.15, 0.2) is 24.3 Å². The van der Waals surface area contributed by atoms with Crippen molar-refractivity contribution in [2.75, 3.05) is 13.2 Å². The molecule has 1 aromatic carbocycles. The summed E-state index contributed by atoms with van der Waals surface area (Å²) >= 11 is 0. The number of benzene rings is 1. The molecule has 0 amide bonds. The fraction of sp³-hybridized carbons (Fsp3) is 0.571. The lowest BCUT2D eigenvalue weighted by molar-refractivity contribution is 0.250. The van der Waals surface area contributed by atoms with Gasteiger partial charge in [-0.05, 0) is 44.9 Å². The Morgan fingerprint density at radius 2 is 1.88 bits per heavy atom. The second kappa shape index (κ2) is 6.03. The molecule has 0 spiro atoms. The average Bonchev–Trinajstić information content (AvgIpc) is 2.26. The topological polar surface area (TPSA) is 55.5 Å². The molecule has 3 heteroatoms. The molecule has 0 radical (unpaired) electrons. The van der Waals surface area contributed by atoms with E-state index in [0.717, 1.165) is 11.3 Å². The summed E-state index contributed by atoms with van der Waals surface area (Å²) in [5.41, 5.74) is 6.96. The van der Waals surface area contributed by atoms with Gasteiger partial charge in [-0.15, -0.1) is 0 Å². The lowest BCUT2D eigenvalue weighted by Crippen LogP contribution is -2.39. The number of aliphatic hydroxyl groups excluding tert-OH is 1. The zero-order chi connectivity index (χ0) is 12.9. The van der Waals surface area contributed by atoms with E-state index < -0.39 is 0 Å². The van der Waals surface area contributed by atoms with Crippen molar-refractivity contribution in [3.05, 3.63) is 29.8 Å². The molecule has 0 aliphatic heterocycles. The van der Waals surface area contributed by atoms with Crippen LogP contribution in [0.5, 0.6) is 5.75 Å². The van der Waals surface area contributed by atoms with Crippen LogP contribution in [-0.2, 0) is 0 Å². The Hall–Kier alpha value is -1.06. The third-order valence-electron chi connectivity index (χ3n) is 2.91. The maximum absolute atomic E-state index is 9.12. The van der Waals surface area contributed by atoms with Crippen molar-refractivity contribution in [2.24, 2.45) is 5.73 Å². The van der Waals surface area contributed by atoms with Gasteiger partial charge in [-0.3, -0.25) is 0 Å². The molecule has 0 saturated heterocycles. The summed E-state index contributed by atoms with van der Waals surface area (Å²) in [6, 6.07) is 7.96. The van der Waals surface area contributed by atoms with Gasteiger partial charge in [0.15, 0.2) is 0 Å². The third kappa shape index (κ3) is 4.02. The molecule has 0 saturated carbocycles. The van der Waals surface area contributed by atoms with Crippen molar-refractivity contribution >= 4 is 0 Å². The molecule has 1 aromatic rings. The van der Waals surface area contributed by atoms with Crippen molar-refractivity contribution < 1.29 is 9.84 Å². The Bertz CT molecular complexity index is 327. The van der Waals surface area contributed by atoms with Gasteiger partial charge in [0.2, 0.25) is 0 Å². The highest BCUT2D eigenvalue weighted by molar-refractivity contribution is 5.31. The molecule has 96 valence electrons. The molecule has 1 atom stereocenters. The van der Waals surface area contributed by atoms with Gasteiger partial charge in [0.05, 0.1) is 6.61 Å². The van der Waals surface area contributed by atoms with Gasteiger partial charge in [-0.1, -0.05) is 12.1 Å². The Morgan fingerprint density at radius 1 is 1.29 bits per heavy atom. The molecule has 3 nitrogen and oxygen atoms in total. The molecule has 0 fully saturated rings. The van der Waals surface area contributed by atoms with E-state index in [-0.39, 0.29) is 18.1 Å². The molecular weight excluding hydrogens is 214 g/mol. The molecular formula is C14H23NO2. The largest absolute Gasteiger partial charge is 0.494 e. The smallest absolute Gasteiger partial charge is 0.119 e. The summed E-state index contributed by atoms with van der Waals surface area (Å²) in [6.45, 7) is 6.76. The van der Waals surface area contributed by atoms with Crippen LogP contribution in [0.1, 0.15) is 38.7 Å². The van der Waals surface area contributed by atoms with Gasteiger partial charge in [-0.25, -0.2) is 0 Å². The zero-order valence-corrected chi connectivity index (χ0v) is 10.9. The molecule has 0 bridgehead atoms. The Kier molecular flexibility index (Phi) is 4.97. The normalized spacial score (nSPS) is 13.5. The summed E-state index contributed by atoms with van der Waals surface area (Å²) in [5.74, 6) is 1.03. The Labute approximate surface area is 104 Å². The summed E-state index contributed by atoms with van der Waals surface area (Å²) in [7, 11) is 0. The van der Waals surface area contributed by atoms with E-state index in [1.807, 2.05) is 45.0 Å². The van der Waals surface area contributed by atoms with Crippen LogP contribution in [0.4, 0.5) is 0 Å². The van der Waals surface area contributed by atoms with Crippen molar-refractivity contribution in [3.63, 3.8) is 0 Å². The fourth-order valence-electron chi connectivity index (χ4n) is 2.06. The third-order valence-corrected chi connectivity index (χ3v) is 2.91. The van der Waals surface area contributed by atoms with Crippen LogP contribution >= 0.6 is 0 Å². The first kappa shape index (κ1) is 14.0. The Morgan fingerprint density at radius 3 is 2.29 bits per heavy atom.